The van der Waals surface area contributed by atoms with Gasteiger partial charge in [-0.2, -0.15) is 0 Å². The molecule has 1 heterocycles. The van der Waals surface area contributed by atoms with Crippen LogP contribution in [0.4, 0.5) is 0 Å². The molecule has 1 rings (SSSR count). The fourth-order valence-corrected chi connectivity index (χ4v) is 1.49. The Labute approximate surface area is 64.4 Å². The van der Waals surface area contributed by atoms with Crippen molar-refractivity contribution in [2.75, 3.05) is 13.1 Å². The average Bonchev–Trinajstić information content (AvgIpc) is 1.88. The van der Waals surface area contributed by atoms with Crippen LogP contribution in [0.2, 0.25) is 0 Å². The third-order valence-corrected chi connectivity index (χ3v) is 1.90. The van der Waals surface area contributed by atoms with E-state index in [9.17, 15) is 0 Å². The number of nitrogens with zero attached hydrogens (tertiary/aromatic N) is 1. The van der Waals surface area contributed by atoms with Gasteiger partial charge in [0.25, 0.3) is 0 Å². The van der Waals surface area contributed by atoms with Gasteiger partial charge in [-0.1, -0.05) is 20.3 Å². The van der Waals surface area contributed by atoms with Gasteiger partial charge < -0.3 is 0 Å². The van der Waals surface area contributed by atoms with Gasteiger partial charge in [-0.05, 0) is 31.8 Å². The number of piperidine rings is 1. The van der Waals surface area contributed by atoms with Crippen LogP contribution < -0.4 is 0 Å². The minimum atomic E-state index is 0.720. The normalized spacial score (nSPS) is 21.9. The van der Waals surface area contributed by atoms with Gasteiger partial charge in [0.2, 0.25) is 0 Å². The Morgan fingerprint density at radius 3 is 2.20 bits per heavy atom. The second kappa shape index (κ2) is 3.97. The Bertz CT molecular complexity index is 82.7. The van der Waals surface area contributed by atoms with Gasteiger partial charge in [-0.25, -0.2) is 0 Å². The van der Waals surface area contributed by atoms with Crippen LogP contribution in [0.3, 0.4) is 0 Å². The molecular weight excluding hydrogens is 122 g/mol. The van der Waals surface area contributed by atoms with Crippen molar-refractivity contribution in [1.29, 1.82) is 0 Å². The molecule has 59 valence electrons. The maximum Gasteiger partial charge on any atom is 0.0277 e. The minimum Gasteiger partial charge on any atom is -0.299 e. The summed E-state index contributed by atoms with van der Waals surface area (Å²) < 4.78 is 0. The Hall–Kier alpha value is -0.0400. The topological polar surface area (TPSA) is 3.24 Å². The molecule has 1 heteroatoms. The van der Waals surface area contributed by atoms with E-state index in [2.05, 4.69) is 25.3 Å². The first kappa shape index (κ1) is 8.06. The molecule has 1 aliphatic heterocycles. The molecular formula is C9H18N. The molecule has 1 radical (unpaired) electrons. The monoisotopic (exact) mass is 140 g/mol. The molecule has 10 heavy (non-hydrogen) atoms. The lowest BCUT2D eigenvalue weighted by Crippen LogP contribution is -2.28. The van der Waals surface area contributed by atoms with Crippen LogP contribution >= 0.6 is 0 Å². The van der Waals surface area contributed by atoms with Crippen LogP contribution in [-0.2, 0) is 0 Å². The standard InChI is InChI=1S/C9H18N/c1-9(2)8-10-6-4-3-5-7-10/h8-9H,3-7H2,1-2H3. The molecule has 0 unspecified atom stereocenters. The van der Waals surface area contributed by atoms with E-state index in [0.29, 0.717) is 0 Å². The quantitative estimate of drug-likeness (QED) is 0.569. The van der Waals surface area contributed by atoms with Crippen molar-refractivity contribution in [2.24, 2.45) is 5.92 Å². The van der Waals surface area contributed by atoms with Gasteiger partial charge in [-0.3, -0.25) is 4.90 Å². The molecule has 0 saturated carbocycles. The van der Waals surface area contributed by atoms with Gasteiger partial charge in [-0.15, -0.1) is 0 Å². The highest BCUT2D eigenvalue weighted by Crippen LogP contribution is 2.13. The lowest BCUT2D eigenvalue weighted by molar-refractivity contribution is 0.255. The summed E-state index contributed by atoms with van der Waals surface area (Å²) in [5, 5.41) is 0. The highest BCUT2D eigenvalue weighted by molar-refractivity contribution is 4.74. The lowest BCUT2D eigenvalue weighted by Gasteiger charge is -2.27. The first-order valence-electron chi connectivity index (χ1n) is 4.38. The molecule has 1 nitrogen and oxygen atoms in total. The van der Waals surface area contributed by atoms with Crippen molar-refractivity contribution < 1.29 is 0 Å². The molecule has 0 aromatic rings. The molecule has 1 saturated heterocycles. The highest BCUT2D eigenvalue weighted by Gasteiger charge is 2.10. The molecule has 0 aliphatic carbocycles. The van der Waals surface area contributed by atoms with E-state index in [1.807, 2.05) is 0 Å². The predicted octanol–water partition coefficient (Wildman–Crippen LogP) is 2.29. The molecule has 0 bridgehead atoms. The summed E-state index contributed by atoms with van der Waals surface area (Å²) in [6.45, 7) is 9.43. The van der Waals surface area contributed by atoms with E-state index in [1.54, 1.807) is 0 Å². The summed E-state index contributed by atoms with van der Waals surface area (Å²) in [5.74, 6) is 0.720. The van der Waals surface area contributed by atoms with Crippen LogP contribution in [0, 0.1) is 12.5 Å². The molecule has 1 aliphatic rings. The summed E-state index contributed by atoms with van der Waals surface area (Å²) >= 11 is 0. The zero-order chi connectivity index (χ0) is 7.40. The number of hydrogen-bond donors (Lipinski definition) is 0. The molecule has 1 fully saturated rings. The van der Waals surface area contributed by atoms with Gasteiger partial charge in [0.05, 0.1) is 0 Å². The minimum absolute atomic E-state index is 0.720. The van der Waals surface area contributed by atoms with E-state index in [4.69, 9.17) is 0 Å². The third-order valence-electron chi connectivity index (χ3n) is 1.90. The maximum absolute atomic E-state index is 2.47. The van der Waals surface area contributed by atoms with E-state index in [-0.39, 0.29) is 0 Å². The third kappa shape index (κ3) is 2.70. The summed E-state index contributed by atoms with van der Waals surface area (Å²) in [6, 6.07) is 0. The van der Waals surface area contributed by atoms with Crippen LogP contribution in [0.15, 0.2) is 0 Å². The fraction of sp³-hybridized carbons (Fsp3) is 0.889. The first-order valence-corrected chi connectivity index (χ1v) is 4.38. The SMILES string of the molecule is CC(C)[CH]N1CCCCC1. The number of likely N-dealkylation sites (tertiary alicyclic amines) is 1. The van der Waals surface area contributed by atoms with E-state index < -0.39 is 0 Å². The number of hydrogen-bond acceptors (Lipinski definition) is 1. The Morgan fingerprint density at radius 2 is 1.70 bits per heavy atom. The van der Waals surface area contributed by atoms with Gasteiger partial charge >= 0.3 is 0 Å². The zero-order valence-electron chi connectivity index (χ0n) is 7.14. The Balaban J connectivity index is 2.13. The van der Waals surface area contributed by atoms with Crippen molar-refractivity contribution in [3.63, 3.8) is 0 Å². The zero-order valence-corrected chi connectivity index (χ0v) is 7.14. The van der Waals surface area contributed by atoms with Crippen molar-refractivity contribution in [2.45, 2.75) is 33.1 Å². The molecule has 0 atom stereocenters. The second-order valence-corrected chi connectivity index (χ2v) is 3.49. The first-order chi connectivity index (χ1) is 4.79. The van der Waals surface area contributed by atoms with Crippen LogP contribution in [0.5, 0.6) is 0 Å². The summed E-state index contributed by atoms with van der Waals surface area (Å²) in [4.78, 5) is 2.47. The van der Waals surface area contributed by atoms with Crippen LogP contribution in [0.25, 0.3) is 0 Å². The predicted molar refractivity (Wildman–Crippen MR) is 44.6 cm³/mol. The van der Waals surface area contributed by atoms with Gasteiger partial charge in [0, 0.05) is 6.54 Å². The molecule has 0 N–H and O–H groups in total. The molecule has 0 aromatic carbocycles. The van der Waals surface area contributed by atoms with Crippen molar-refractivity contribution in [1.82, 2.24) is 4.90 Å². The summed E-state index contributed by atoms with van der Waals surface area (Å²) in [7, 11) is 0. The summed E-state index contributed by atoms with van der Waals surface area (Å²) in [5.41, 5.74) is 0. The van der Waals surface area contributed by atoms with E-state index in [1.165, 1.54) is 32.4 Å². The smallest absolute Gasteiger partial charge is 0.0277 e. The Morgan fingerprint density at radius 1 is 1.10 bits per heavy atom. The summed E-state index contributed by atoms with van der Waals surface area (Å²) in [6.07, 6.45) is 4.22. The highest BCUT2D eigenvalue weighted by atomic mass is 15.1. The average molecular weight is 140 g/mol. The number of rotatable bonds is 2. The van der Waals surface area contributed by atoms with Crippen LogP contribution in [0.1, 0.15) is 33.1 Å². The molecule has 0 spiro atoms. The second-order valence-electron chi connectivity index (χ2n) is 3.49. The molecule has 0 aromatic heterocycles. The maximum atomic E-state index is 2.47. The van der Waals surface area contributed by atoms with Crippen molar-refractivity contribution in [3.8, 4) is 0 Å². The van der Waals surface area contributed by atoms with E-state index in [0.717, 1.165) is 5.92 Å². The van der Waals surface area contributed by atoms with Crippen molar-refractivity contribution in [3.05, 3.63) is 6.54 Å². The Kier molecular flexibility index (Phi) is 3.20. The van der Waals surface area contributed by atoms with Gasteiger partial charge in [0.1, 0.15) is 0 Å². The van der Waals surface area contributed by atoms with Gasteiger partial charge in [0.15, 0.2) is 0 Å². The van der Waals surface area contributed by atoms with Crippen LogP contribution in [-0.4, -0.2) is 18.0 Å². The lowest BCUT2D eigenvalue weighted by atomic mass is 10.1. The largest absolute Gasteiger partial charge is 0.299 e. The fourth-order valence-electron chi connectivity index (χ4n) is 1.49. The van der Waals surface area contributed by atoms with Crippen molar-refractivity contribution >= 4 is 0 Å². The molecule has 0 amide bonds. The van der Waals surface area contributed by atoms with E-state index >= 15 is 0 Å².